The van der Waals surface area contributed by atoms with E-state index < -0.39 is 10.0 Å². The molecule has 0 aliphatic carbocycles. The van der Waals surface area contributed by atoms with Crippen LogP contribution in [0.3, 0.4) is 0 Å². The zero-order chi connectivity index (χ0) is 15.2. The van der Waals surface area contributed by atoms with Gasteiger partial charge in [0.05, 0.1) is 17.1 Å². The van der Waals surface area contributed by atoms with Crippen LogP contribution in [0.15, 0.2) is 27.2 Å². The molecule has 1 aliphatic rings. The van der Waals surface area contributed by atoms with E-state index in [-0.39, 0.29) is 5.75 Å². The van der Waals surface area contributed by atoms with Crippen LogP contribution in [-0.4, -0.2) is 20.1 Å². The van der Waals surface area contributed by atoms with Crippen molar-refractivity contribution in [1.29, 1.82) is 0 Å². The number of aryl methyl sites for hydroxylation is 2. The summed E-state index contributed by atoms with van der Waals surface area (Å²) < 4.78 is 32.9. The standard InChI is InChI=1S/C14H15BrN2O3S/c1-9-13(10(2)20-16-9)8-21(18,19)17-6-5-11-7-12(15)3-4-14(11)17/h3-4,7H,5-6,8H2,1-2H3. The molecule has 1 aliphatic heterocycles. The van der Waals surface area contributed by atoms with Crippen LogP contribution in [-0.2, 0) is 22.2 Å². The smallest absolute Gasteiger partial charge is 0.239 e. The van der Waals surface area contributed by atoms with E-state index in [4.69, 9.17) is 4.52 Å². The van der Waals surface area contributed by atoms with Crippen molar-refractivity contribution in [2.24, 2.45) is 0 Å². The number of sulfonamides is 1. The first-order valence-corrected chi connectivity index (χ1v) is 8.99. The molecule has 2 aromatic rings. The van der Waals surface area contributed by atoms with E-state index in [0.717, 1.165) is 22.1 Å². The highest BCUT2D eigenvalue weighted by Crippen LogP contribution is 2.33. The number of hydrogen-bond acceptors (Lipinski definition) is 4. The molecule has 0 spiro atoms. The van der Waals surface area contributed by atoms with E-state index >= 15 is 0 Å². The predicted molar refractivity (Wildman–Crippen MR) is 83.8 cm³/mol. The first-order chi connectivity index (χ1) is 9.88. The number of hydrogen-bond donors (Lipinski definition) is 0. The van der Waals surface area contributed by atoms with Gasteiger partial charge in [-0.1, -0.05) is 21.1 Å². The molecule has 0 N–H and O–H groups in total. The second kappa shape index (κ2) is 5.14. The largest absolute Gasteiger partial charge is 0.361 e. The molecule has 1 aromatic heterocycles. The summed E-state index contributed by atoms with van der Waals surface area (Å²) in [6, 6.07) is 5.68. The first kappa shape index (κ1) is 14.6. The van der Waals surface area contributed by atoms with Crippen molar-refractivity contribution < 1.29 is 12.9 Å². The Bertz CT molecular complexity index is 779. The van der Waals surface area contributed by atoms with E-state index in [0.29, 0.717) is 23.6 Å². The van der Waals surface area contributed by atoms with E-state index in [2.05, 4.69) is 21.1 Å². The third-order valence-electron chi connectivity index (χ3n) is 3.74. The van der Waals surface area contributed by atoms with Crippen LogP contribution < -0.4 is 4.31 Å². The average molecular weight is 371 g/mol. The summed E-state index contributed by atoms with van der Waals surface area (Å²) in [6.45, 7) is 3.98. The Morgan fingerprint density at radius 3 is 2.81 bits per heavy atom. The molecule has 1 aromatic carbocycles. The van der Waals surface area contributed by atoms with Gasteiger partial charge < -0.3 is 4.52 Å². The molecule has 112 valence electrons. The molecular formula is C14H15BrN2O3S. The van der Waals surface area contributed by atoms with Crippen molar-refractivity contribution in [3.63, 3.8) is 0 Å². The Kier molecular flexibility index (Phi) is 3.57. The summed E-state index contributed by atoms with van der Waals surface area (Å²) in [5.41, 5.74) is 3.10. The van der Waals surface area contributed by atoms with Crippen molar-refractivity contribution >= 4 is 31.6 Å². The number of anilines is 1. The van der Waals surface area contributed by atoms with Crippen LogP contribution in [0.5, 0.6) is 0 Å². The molecule has 0 unspecified atom stereocenters. The third kappa shape index (κ3) is 2.60. The summed E-state index contributed by atoms with van der Waals surface area (Å²) in [5, 5.41) is 3.82. The van der Waals surface area contributed by atoms with Crippen molar-refractivity contribution in [1.82, 2.24) is 5.16 Å². The van der Waals surface area contributed by atoms with E-state index in [9.17, 15) is 8.42 Å². The number of halogens is 1. The van der Waals surface area contributed by atoms with E-state index in [1.165, 1.54) is 4.31 Å². The van der Waals surface area contributed by atoms with Gasteiger partial charge in [0, 0.05) is 16.6 Å². The molecule has 0 amide bonds. The Hall–Kier alpha value is -1.34. The molecule has 21 heavy (non-hydrogen) atoms. The van der Waals surface area contributed by atoms with Gasteiger partial charge in [-0.15, -0.1) is 0 Å². The lowest BCUT2D eigenvalue weighted by Gasteiger charge is -2.19. The lowest BCUT2D eigenvalue weighted by atomic mass is 10.2. The predicted octanol–water partition coefficient (Wildman–Crippen LogP) is 2.95. The molecule has 5 nitrogen and oxygen atoms in total. The molecule has 0 saturated heterocycles. The van der Waals surface area contributed by atoms with Crippen molar-refractivity contribution in [3.8, 4) is 0 Å². The normalized spacial score (nSPS) is 14.5. The topological polar surface area (TPSA) is 63.4 Å². The molecular weight excluding hydrogens is 356 g/mol. The minimum Gasteiger partial charge on any atom is -0.361 e. The lowest BCUT2D eigenvalue weighted by molar-refractivity contribution is 0.392. The number of aromatic nitrogens is 1. The van der Waals surface area contributed by atoms with Gasteiger partial charge in [0.25, 0.3) is 0 Å². The van der Waals surface area contributed by atoms with Crippen molar-refractivity contribution in [2.75, 3.05) is 10.8 Å². The Morgan fingerprint density at radius 2 is 2.14 bits per heavy atom. The Labute approximate surface area is 132 Å². The Morgan fingerprint density at radius 1 is 1.38 bits per heavy atom. The summed E-state index contributed by atoms with van der Waals surface area (Å²) >= 11 is 3.41. The van der Waals surface area contributed by atoms with Crippen LogP contribution >= 0.6 is 15.9 Å². The maximum Gasteiger partial charge on any atom is 0.239 e. The van der Waals surface area contributed by atoms with Crippen molar-refractivity contribution in [3.05, 3.63) is 45.3 Å². The number of fused-ring (bicyclic) bond motifs is 1. The molecule has 0 bridgehead atoms. The minimum atomic E-state index is -3.44. The van der Waals surface area contributed by atoms with Gasteiger partial charge >= 0.3 is 0 Å². The lowest BCUT2D eigenvalue weighted by Crippen LogP contribution is -2.30. The number of nitrogens with zero attached hydrogens (tertiary/aromatic N) is 2. The molecule has 0 radical (unpaired) electrons. The van der Waals surface area contributed by atoms with E-state index in [1.807, 2.05) is 18.2 Å². The molecule has 0 saturated carbocycles. The summed E-state index contributed by atoms with van der Waals surface area (Å²) in [6.07, 6.45) is 0.732. The second-order valence-corrected chi connectivity index (χ2v) is 7.96. The van der Waals surface area contributed by atoms with Gasteiger partial charge in [0.1, 0.15) is 5.76 Å². The maximum absolute atomic E-state index is 12.7. The average Bonchev–Trinajstić information content (AvgIpc) is 2.97. The highest BCUT2D eigenvalue weighted by molar-refractivity contribution is 9.10. The SMILES string of the molecule is Cc1noc(C)c1CS(=O)(=O)N1CCc2cc(Br)ccc21. The fraction of sp³-hybridized carbons (Fsp3) is 0.357. The molecule has 2 heterocycles. The van der Waals surface area contributed by atoms with Gasteiger partial charge in [-0.25, -0.2) is 8.42 Å². The molecule has 3 rings (SSSR count). The molecule has 0 fully saturated rings. The Balaban J connectivity index is 1.95. The van der Waals surface area contributed by atoms with Crippen molar-refractivity contribution in [2.45, 2.75) is 26.0 Å². The van der Waals surface area contributed by atoms with Crippen LogP contribution in [0.1, 0.15) is 22.6 Å². The summed E-state index contributed by atoms with van der Waals surface area (Å²) in [4.78, 5) is 0. The zero-order valence-corrected chi connectivity index (χ0v) is 14.2. The van der Waals surface area contributed by atoms with Crippen LogP contribution in [0.2, 0.25) is 0 Å². The molecule has 0 atom stereocenters. The van der Waals surface area contributed by atoms with Gasteiger partial charge in [0.15, 0.2) is 0 Å². The second-order valence-electron chi connectivity index (χ2n) is 5.15. The summed E-state index contributed by atoms with van der Waals surface area (Å²) in [7, 11) is -3.44. The molecule has 7 heteroatoms. The highest BCUT2D eigenvalue weighted by atomic mass is 79.9. The first-order valence-electron chi connectivity index (χ1n) is 6.59. The van der Waals surface area contributed by atoms with Gasteiger partial charge in [-0.3, -0.25) is 4.31 Å². The van der Waals surface area contributed by atoms with Crippen LogP contribution in [0.4, 0.5) is 5.69 Å². The fourth-order valence-electron chi connectivity index (χ4n) is 2.60. The maximum atomic E-state index is 12.7. The number of benzene rings is 1. The van der Waals surface area contributed by atoms with Crippen LogP contribution in [0, 0.1) is 13.8 Å². The van der Waals surface area contributed by atoms with E-state index in [1.54, 1.807) is 13.8 Å². The van der Waals surface area contributed by atoms with Crippen LogP contribution in [0.25, 0.3) is 0 Å². The van der Waals surface area contributed by atoms with Gasteiger partial charge in [-0.2, -0.15) is 0 Å². The third-order valence-corrected chi connectivity index (χ3v) is 5.94. The number of rotatable bonds is 3. The fourth-order valence-corrected chi connectivity index (χ4v) is 4.79. The monoisotopic (exact) mass is 370 g/mol. The highest BCUT2D eigenvalue weighted by Gasteiger charge is 2.31. The zero-order valence-electron chi connectivity index (χ0n) is 11.8. The van der Waals surface area contributed by atoms with Gasteiger partial charge in [0.2, 0.25) is 10.0 Å². The quantitative estimate of drug-likeness (QED) is 0.832. The van der Waals surface area contributed by atoms with Gasteiger partial charge in [-0.05, 0) is 44.0 Å². The minimum absolute atomic E-state index is 0.0797. The summed E-state index contributed by atoms with van der Waals surface area (Å²) in [5.74, 6) is 0.482.